The van der Waals surface area contributed by atoms with Crippen molar-refractivity contribution in [2.75, 3.05) is 30.1 Å². The molecule has 0 unspecified atom stereocenters. The molecule has 184 valence electrons. The molecule has 0 aliphatic rings. The molecule has 0 aliphatic carbocycles. The highest BCUT2D eigenvalue weighted by molar-refractivity contribution is 7.99. The molecule has 0 saturated carbocycles. The zero-order valence-corrected chi connectivity index (χ0v) is 21.6. The smallest absolute Gasteiger partial charge is 0.234 e. The molecule has 1 N–H and O–H groups in total. The van der Waals surface area contributed by atoms with Crippen LogP contribution in [-0.4, -0.2) is 55.1 Å². The minimum atomic E-state index is -0.106. The largest absolute Gasteiger partial charge is 0.378 e. The summed E-state index contributed by atoms with van der Waals surface area (Å²) in [6.07, 6.45) is 0.644. The molecule has 3 heterocycles. The molecular formula is C26H28N8OS. The van der Waals surface area contributed by atoms with E-state index >= 15 is 0 Å². The third kappa shape index (κ3) is 5.03. The lowest BCUT2D eigenvalue weighted by molar-refractivity contribution is -0.113. The van der Waals surface area contributed by atoms with Crippen molar-refractivity contribution in [1.82, 2.24) is 29.4 Å². The van der Waals surface area contributed by atoms with Gasteiger partial charge >= 0.3 is 0 Å². The predicted molar refractivity (Wildman–Crippen MR) is 144 cm³/mol. The second-order valence-corrected chi connectivity index (χ2v) is 9.80. The maximum Gasteiger partial charge on any atom is 0.234 e. The Morgan fingerprint density at radius 1 is 1.03 bits per heavy atom. The summed E-state index contributed by atoms with van der Waals surface area (Å²) in [6, 6.07) is 17.7. The van der Waals surface area contributed by atoms with E-state index in [4.69, 9.17) is 15.1 Å². The number of aromatic nitrogens is 6. The SMILES string of the molecule is Cc1cc(C)n(CCc2nc3c4ccccc4nc(SCC(=O)Nc4ccc(N(C)C)cc4)n3n2)n1. The molecule has 9 nitrogen and oxygen atoms in total. The molecule has 5 rings (SSSR count). The van der Waals surface area contributed by atoms with Crippen molar-refractivity contribution < 1.29 is 4.79 Å². The maximum absolute atomic E-state index is 12.7. The molecule has 0 atom stereocenters. The first kappa shape index (κ1) is 23.8. The minimum Gasteiger partial charge on any atom is -0.378 e. The van der Waals surface area contributed by atoms with Crippen LogP contribution in [0.4, 0.5) is 11.4 Å². The minimum absolute atomic E-state index is 0.106. The second-order valence-electron chi connectivity index (χ2n) is 8.85. The fraction of sp³-hybridized carbons (Fsp3) is 0.269. The van der Waals surface area contributed by atoms with Crippen LogP contribution in [-0.2, 0) is 17.8 Å². The fourth-order valence-electron chi connectivity index (χ4n) is 4.05. The molecule has 0 bridgehead atoms. The molecule has 0 fully saturated rings. The fourth-order valence-corrected chi connectivity index (χ4v) is 4.79. The van der Waals surface area contributed by atoms with E-state index in [9.17, 15) is 4.79 Å². The van der Waals surface area contributed by atoms with Gasteiger partial charge in [0.05, 0.1) is 17.0 Å². The Morgan fingerprint density at radius 3 is 2.53 bits per heavy atom. The Labute approximate surface area is 213 Å². The predicted octanol–water partition coefficient (Wildman–Crippen LogP) is 4.13. The highest BCUT2D eigenvalue weighted by Gasteiger charge is 2.16. The van der Waals surface area contributed by atoms with Gasteiger partial charge in [-0.1, -0.05) is 23.9 Å². The molecule has 10 heteroatoms. The number of nitrogens with one attached hydrogen (secondary N) is 1. The zero-order chi connectivity index (χ0) is 25.2. The topological polar surface area (TPSA) is 93.2 Å². The van der Waals surface area contributed by atoms with E-state index in [0.717, 1.165) is 39.3 Å². The Bertz CT molecular complexity index is 1540. The summed E-state index contributed by atoms with van der Waals surface area (Å²) in [5.41, 5.74) is 5.51. The molecular weight excluding hydrogens is 472 g/mol. The summed E-state index contributed by atoms with van der Waals surface area (Å²) in [7, 11) is 3.97. The number of aryl methyl sites for hydroxylation is 4. The van der Waals surface area contributed by atoms with Crippen LogP contribution in [0.2, 0.25) is 0 Å². The zero-order valence-electron chi connectivity index (χ0n) is 20.8. The van der Waals surface area contributed by atoms with Gasteiger partial charge < -0.3 is 10.2 Å². The number of fused-ring (bicyclic) bond motifs is 3. The Hall–Kier alpha value is -3.92. The van der Waals surface area contributed by atoms with Gasteiger partial charge in [0.15, 0.2) is 16.6 Å². The number of para-hydroxylation sites is 1. The van der Waals surface area contributed by atoms with E-state index in [2.05, 4.69) is 16.5 Å². The molecule has 2 aromatic carbocycles. The third-order valence-electron chi connectivity index (χ3n) is 5.84. The van der Waals surface area contributed by atoms with E-state index in [1.54, 1.807) is 4.52 Å². The van der Waals surface area contributed by atoms with Crippen LogP contribution in [0.25, 0.3) is 16.6 Å². The van der Waals surface area contributed by atoms with Crippen LogP contribution < -0.4 is 10.2 Å². The summed E-state index contributed by atoms with van der Waals surface area (Å²) in [4.78, 5) is 24.3. The summed E-state index contributed by atoms with van der Waals surface area (Å²) in [5, 5.41) is 13.8. The average Bonchev–Trinajstić information content (AvgIpc) is 3.44. The van der Waals surface area contributed by atoms with Crippen LogP contribution in [0.15, 0.2) is 59.8 Å². The van der Waals surface area contributed by atoms with E-state index in [1.165, 1.54) is 11.8 Å². The number of carbonyl (C=O) groups excluding carboxylic acids is 1. The summed E-state index contributed by atoms with van der Waals surface area (Å²) < 4.78 is 3.73. The highest BCUT2D eigenvalue weighted by Crippen LogP contribution is 2.24. The van der Waals surface area contributed by atoms with Gasteiger partial charge in [0.25, 0.3) is 0 Å². The van der Waals surface area contributed by atoms with Crippen LogP contribution in [0.5, 0.6) is 0 Å². The van der Waals surface area contributed by atoms with Crippen molar-refractivity contribution in [2.24, 2.45) is 0 Å². The monoisotopic (exact) mass is 500 g/mol. The lowest BCUT2D eigenvalue weighted by Gasteiger charge is -2.13. The van der Waals surface area contributed by atoms with Crippen LogP contribution in [0.1, 0.15) is 17.2 Å². The van der Waals surface area contributed by atoms with Crippen LogP contribution in [0.3, 0.4) is 0 Å². The number of hydrogen-bond donors (Lipinski definition) is 1. The van der Waals surface area contributed by atoms with Crippen molar-refractivity contribution in [1.29, 1.82) is 0 Å². The van der Waals surface area contributed by atoms with Gasteiger partial charge in [-0.25, -0.2) is 9.97 Å². The van der Waals surface area contributed by atoms with Crippen LogP contribution in [0, 0.1) is 13.8 Å². The standard InChI is InChI=1S/C26H28N8OS/c1-17-15-18(2)33(30-17)14-13-23-29-25-21-7-5-6-8-22(21)28-26(34(25)31-23)36-16-24(35)27-19-9-11-20(12-10-19)32(3)4/h5-12,15H,13-14,16H2,1-4H3,(H,27,35). The van der Waals surface area contributed by atoms with Gasteiger partial charge in [-0.15, -0.1) is 5.10 Å². The van der Waals surface area contributed by atoms with Crippen molar-refractivity contribution in [3.8, 4) is 0 Å². The maximum atomic E-state index is 12.7. The van der Waals surface area contributed by atoms with E-state index in [1.807, 2.05) is 86.1 Å². The Kier molecular flexibility index (Phi) is 6.60. The van der Waals surface area contributed by atoms with Crippen molar-refractivity contribution in [2.45, 2.75) is 32.0 Å². The lowest BCUT2D eigenvalue weighted by atomic mass is 10.2. The summed E-state index contributed by atoms with van der Waals surface area (Å²) in [5.74, 6) is 0.815. The number of amides is 1. The highest BCUT2D eigenvalue weighted by atomic mass is 32.2. The molecule has 3 aromatic heterocycles. The number of anilines is 2. The number of hydrogen-bond acceptors (Lipinski definition) is 7. The number of nitrogens with zero attached hydrogens (tertiary/aromatic N) is 7. The normalized spacial score (nSPS) is 11.3. The van der Waals surface area contributed by atoms with Gasteiger partial charge in [-0.2, -0.15) is 9.61 Å². The third-order valence-corrected chi connectivity index (χ3v) is 6.77. The second kappa shape index (κ2) is 9.98. The quantitative estimate of drug-likeness (QED) is 0.253. The first-order chi connectivity index (χ1) is 17.4. The Morgan fingerprint density at radius 2 is 1.81 bits per heavy atom. The summed E-state index contributed by atoms with van der Waals surface area (Å²) >= 11 is 1.35. The summed E-state index contributed by atoms with van der Waals surface area (Å²) in [6.45, 7) is 4.73. The van der Waals surface area contributed by atoms with Gasteiger partial charge in [0, 0.05) is 49.5 Å². The number of rotatable bonds is 8. The van der Waals surface area contributed by atoms with Gasteiger partial charge in [0.2, 0.25) is 5.91 Å². The molecule has 1 amide bonds. The molecule has 0 radical (unpaired) electrons. The molecule has 0 saturated heterocycles. The Balaban J connectivity index is 1.35. The molecule has 36 heavy (non-hydrogen) atoms. The average molecular weight is 501 g/mol. The first-order valence-corrected chi connectivity index (χ1v) is 12.7. The molecule has 5 aromatic rings. The van der Waals surface area contributed by atoms with Crippen molar-refractivity contribution in [3.63, 3.8) is 0 Å². The van der Waals surface area contributed by atoms with Gasteiger partial charge in [-0.05, 0) is 56.3 Å². The van der Waals surface area contributed by atoms with Crippen molar-refractivity contribution >= 4 is 45.6 Å². The lowest BCUT2D eigenvalue weighted by Crippen LogP contribution is -2.15. The van der Waals surface area contributed by atoms with Gasteiger partial charge in [-0.3, -0.25) is 9.48 Å². The number of carbonyl (C=O) groups is 1. The number of benzene rings is 2. The van der Waals surface area contributed by atoms with Gasteiger partial charge in [0.1, 0.15) is 0 Å². The van der Waals surface area contributed by atoms with E-state index in [0.29, 0.717) is 23.9 Å². The van der Waals surface area contributed by atoms with Crippen LogP contribution >= 0.6 is 11.8 Å². The number of thioether (sulfide) groups is 1. The molecule has 0 spiro atoms. The van der Waals surface area contributed by atoms with E-state index < -0.39 is 0 Å². The molecule has 0 aliphatic heterocycles. The van der Waals surface area contributed by atoms with E-state index in [-0.39, 0.29) is 11.7 Å². The van der Waals surface area contributed by atoms with Crippen molar-refractivity contribution in [3.05, 3.63) is 71.8 Å². The first-order valence-electron chi connectivity index (χ1n) is 11.7.